The summed E-state index contributed by atoms with van der Waals surface area (Å²) in [6, 6.07) is 61.1. The Kier molecular flexibility index (Phi) is 6.88. The van der Waals surface area contributed by atoms with E-state index in [1.165, 1.54) is 44.5 Å². The Balaban J connectivity index is 1.25. The van der Waals surface area contributed by atoms with Crippen molar-refractivity contribution in [3.8, 4) is 22.3 Å². The Hall–Kier alpha value is -7.42. The zero-order valence-corrected chi connectivity index (χ0v) is 31.1. The minimum absolute atomic E-state index is 0.661. The molecule has 2 heteroatoms. The van der Waals surface area contributed by atoms with Crippen molar-refractivity contribution in [3.63, 3.8) is 0 Å². The van der Waals surface area contributed by atoms with E-state index in [1.807, 2.05) is 0 Å². The van der Waals surface area contributed by atoms with Gasteiger partial charge in [0.1, 0.15) is 11.2 Å². The van der Waals surface area contributed by atoms with Crippen molar-refractivity contribution in [2.75, 3.05) is 4.90 Å². The first kappa shape index (κ1) is 31.9. The Morgan fingerprint density at radius 3 is 1.74 bits per heavy atom. The largest absolute Gasteiger partial charge is 0.456 e. The molecular weight excluding hydrogens is 691 g/mol. The molecule has 4 aliphatic carbocycles. The molecule has 1 unspecified atom stereocenters. The average molecular weight is 726 g/mol. The number of hydrogen-bond acceptors (Lipinski definition) is 2. The van der Waals surface area contributed by atoms with E-state index >= 15 is 0 Å². The molecule has 2 nitrogen and oxygen atoms in total. The van der Waals surface area contributed by atoms with Crippen molar-refractivity contribution >= 4 is 56.6 Å². The SMILES string of the molecule is C1=CC2(C3=Cc4ccccc4C3=C1)C1=Cc3ccccc3C1=CC=C2N(c1ccccc1-c1ccccc1)c1c(-c2ccccc2)ccc2oc3ccccc3c12. The molecule has 0 amide bonds. The Morgan fingerprint density at radius 1 is 0.439 bits per heavy atom. The molecule has 1 spiro atoms. The molecule has 1 heterocycles. The fourth-order valence-corrected chi connectivity index (χ4v) is 9.81. The molecule has 1 atom stereocenters. The first-order chi connectivity index (χ1) is 28.3. The van der Waals surface area contributed by atoms with Gasteiger partial charge in [-0.1, -0.05) is 170 Å². The molecule has 7 aromatic carbocycles. The average Bonchev–Trinajstić information content (AvgIpc) is 3.98. The highest BCUT2D eigenvalue weighted by molar-refractivity contribution is 6.17. The summed E-state index contributed by atoms with van der Waals surface area (Å²) in [4.78, 5) is 2.59. The van der Waals surface area contributed by atoms with Crippen molar-refractivity contribution in [1.82, 2.24) is 0 Å². The summed E-state index contributed by atoms with van der Waals surface area (Å²) in [5.41, 5.74) is 19.1. The van der Waals surface area contributed by atoms with Gasteiger partial charge in [-0.15, -0.1) is 0 Å². The summed E-state index contributed by atoms with van der Waals surface area (Å²) >= 11 is 0. The van der Waals surface area contributed by atoms with Crippen LogP contribution in [0, 0.1) is 5.41 Å². The Morgan fingerprint density at radius 2 is 1.02 bits per heavy atom. The van der Waals surface area contributed by atoms with Crippen LogP contribution in [0.3, 0.4) is 0 Å². The van der Waals surface area contributed by atoms with Crippen LogP contribution in [0.2, 0.25) is 0 Å². The van der Waals surface area contributed by atoms with E-state index in [0.29, 0.717) is 0 Å². The van der Waals surface area contributed by atoms with Gasteiger partial charge < -0.3 is 9.32 Å². The van der Waals surface area contributed by atoms with Crippen LogP contribution in [0.25, 0.3) is 67.5 Å². The topological polar surface area (TPSA) is 16.4 Å². The van der Waals surface area contributed by atoms with Crippen molar-refractivity contribution in [3.05, 3.63) is 239 Å². The smallest absolute Gasteiger partial charge is 0.137 e. The number of rotatable bonds is 5. The third kappa shape index (κ3) is 4.59. The Labute approximate surface area is 331 Å². The molecule has 57 heavy (non-hydrogen) atoms. The minimum Gasteiger partial charge on any atom is -0.456 e. The van der Waals surface area contributed by atoms with Crippen LogP contribution in [0.4, 0.5) is 11.4 Å². The number of hydrogen-bond donors (Lipinski definition) is 0. The van der Waals surface area contributed by atoms with Gasteiger partial charge >= 0.3 is 0 Å². The minimum atomic E-state index is -0.661. The standard InChI is InChI=1S/C55H35NO/c1-3-16-36(17-4-1)42-24-11-13-27-49(42)56(54-43(37-18-5-2-6-19-37)29-31-51-53(54)46-25-12-14-28-50(46)57-51)52-32-30-45-41-23-10-8-21-39(41)35-48(45)55(52)33-15-26-44-40-22-9-7-20-38(40)34-47(44)55/h1-35H. The number of nitrogens with zero attached hydrogens (tertiary/aromatic N) is 1. The predicted octanol–water partition coefficient (Wildman–Crippen LogP) is 14.5. The third-order valence-electron chi connectivity index (χ3n) is 12.2. The van der Waals surface area contributed by atoms with E-state index in [0.717, 1.165) is 61.3 Å². The van der Waals surface area contributed by atoms with Crippen molar-refractivity contribution in [2.24, 2.45) is 5.41 Å². The second-order valence-electron chi connectivity index (χ2n) is 15.2. The van der Waals surface area contributed by atoms with Crippen LogP contribution >= 0.6 is 0 Å². The van der Waals surface area contributed by atoms with Gasteiger partial charge in [-0.3, -0.25) is 0 Å². The van der Waals surface area contributed by atoms with E-state index in [1.54, 1.807) is 0 Å². The molecule has 12 rings (SSSR count). The highest BCUT2D eigenvalue weighted by Gasteiger charge is 2.51. The molecule has 0 radical (unpaired) electrons. The summed E-state index contributed by atoms with van der Waals surface area (Å²) in [5.74, 6) is 0. The van der Waals surface area contributed by atoms with Crippen LogP contribution in [0.15, 0.2) is 221 Å². The number of furan rings is 1. The monoisotopic (exact) mass is 725 g/mol. The third-order valence-corrected chi connectivity index (χ3v) is 12.2. The van der Waals surface area contributed by atoms with E-state index in [9.17, 15) is 0 Å². The second-order valence-corrected chi connectivity index (χ2v) is 15.2. The number of benzene rings is 7. The number of anilines is 2. The van der Waals surface area contributed by atoms with E-state index < -0.39 is 5.41 Å². The van der Waals surface area contributed by atoms with Crippen molar-refractivity contribution in [1.29, 1.82) is 0 Å². The molecule has 4 aliphatic rings. The molecule has 0 saturated carbocycles. The summed E-state index contributed by atoms with van der Waals surface area (Å²) in [5, 5.41) is 2.17. The van der Waals surface area contributed by atoms with Crippen LogP contribution < -0.4 is 4.90 Å². The first-order valence-corrected chi connectivity index (χ1v) is 19.7. The van der Waals surface area contributed by atoms with Crippen molar-refractivity contribution < 1.29 is 4.42 Å². The maximum Gasteiger partial charge on any atom is 0.137 e. The Bertz CT molecular complexity index is 3140. The van der Waals surface area contributed by atoms with Gasteiger partial charge in [0, 0.05) is 22.2 Å². The predicted molar refractivity (Wildman–Crippen MR) is 238 cm³/mol. The maximum absolute atomic E-state index is 6.73. The lowest BCUT2D eigenvalue weighted by Crippen LogP contribution is -2.37. The van der Waals surface area contributed by atoms with E-state index in [4.69, 9.17) is 4.42 Å². The summed E-state index contributed by atoms with van der Waals surface area (Å²) in [6.45, 7) is 0. The van der Waals surface area contributed by atoms with Gasteiger partial charge in [0.05, 0.1) is 22.2 Å². The highest BCUT2D eigenvalue weighted by atomic mass is 16.3. The van der Waals surface area contributed by atoms with Gasteiger partial charge in [0.15, 0.2) is 0 Å². The first-order valence-electron chi connectivity index (χ1n) is 19.7. The normalized spacial score (nSPS) is 17.3. The van der Waals surface area contributed by atoms with Gasteiger partial charge in [0.2, 0.25) is 0 Å². The van der Waals surface area contributed by atoms with Gasteiger partial charge in [-0.05, 0) is 98.2 Å². The summed E-state index contributed by atoms with van der Waals surface area (Å²) in [6.07, 6.45) is 16.7. The molecule has 0 bridgehead atoms. The fourth-order valence-electron chi connectivity index (χ4n) is 9.81. The number of fused-ring (bicyclic) bond motifs is 11. The molecule has 0 fully saturated rings. The molecule has 8 aromatic rings. The van der Waals surface area contributed by atoms with Crippen LogP contribution in [-0.2, 0) is 0 Å². The molecule has 1 aromatic heterocycles. The number of allylic oxidation sites excluding steroid dienone is 7. The highest BCUT2D eigenvalue weighted by Crippen LogP contribution is 2.64. The molecule has 266 valence electrons. The van der Waals surface area contributed by atoms with Crippen LogP contribution in [-0.4, -0.2) is 0 Å². The van der Waals surface area contributed by atoms with Gasteiger partial charge in [0.25, 0.3) is 0 Å². The van der Waals surface area contributed by atoms with Crippen LogP contribution in [0.5, 0.6) is 0 Å². The van der Waals surface area contributed by atoms with E-state index in [2.05, 4.69) is 217 Å². The second kappa shape index (κ2) is 12.3. The summed E-state index contributed by atoms with van der Waals surface area (Å²) in [7, 11) is 0. The van der Waals surface area contributed by atoms with Crippen molar-refractivity contribution in [2.45, 2.75) is 0 Å². The van der Waals surface area contributed by atoms with E-state index in [-0.39, 0.29) is 0 Å². The lowest BCUT2D eigenvalue weighted by Gasteiger charge is -2.47. The van der Waals surface area contributed by atoms with Gasteiger partial charge in [-0.2, -0.15) is 0 Å². The lowest BCUT2D eigenvalue weighted by molar-refractivity contribution is 0.668. The fraction of sp³-hybridized carbons (Fsp3) is 0.0182. The molecular formula is C55H35NO. The quantitative estimate of drug-likeness (QED) is 0.176. The zero-order valence-electron chi connectivity index (χ0n) is 31.1. The maximum atomic E-state index is 6.73. The van der Waals surface area contributed by atoms with Crippen LogP contribution in [0.1, 0.15) is 22.3 Å². The molecule has 0 N–H and O–H groups in total. The number of para-hydroxylation sites is 2. The summed E-state index contributed by atoms with van der Waals surface area (Å²) < 4.78 is 6.73. The molecule has 0 saturated heterocycles. The molecule has 0 aliphatic heterocycles. The van der Waals surface area contributed by atoms with Gasteiger partial charge in [-0.25, -0.2) is 0 Å². The zero-order chi connectivity index (χ0) is 37.5. The lowest BCUT2D eigenvalue weighted by atomic mass is 9.63.